The van der Waals surface area contributed by atoms with Gasteiger partial charge in [0.25, 0.3) is 0 Å². The summed E-state index contributed by atoms with van der Waals surface area (Å²) < 4.78 is 26.8. The average Bonchev–Trinajstić information content (AvgIpc) is 2.31. The van der Waals surface area contributed by atoms with Crippen molar-refractivity contribution < 1.29 is 13.6 Å². The van der Waals surface area contributed by atoms with Crippen LogP contribution in [0.25, 0.3) is 0 Å². The van der Waals surface area contributed by atoms with Gasteiger partial charge in [-0.15, -0.1) is 0 Å². The van der Waals surface area contributed by atoms with Crippen molar-refractivity contribution >= 4 is 5.78 Å². The van der Waals surface area contributed by atoms with Gasteiger partial charge >= 0.3 is 0 Å². The van der Waals surface area contributed by atoms with E-state index in [0.717, 1.165) is 31.7 Å². The molecule has 2 rings (SSSR count). The molecule has 3 heteroatoms. The van der Waals surface area contributed by atoms with Crippen molar-refractivity contribution in [2.75, 3.05) is 0 Å². The van der Waals surface area contributed by atoms with Gasteiger partial charge in [-0.1, -0.05) is 32.8 Å². The van der Waals surface area contributed by atoms with Crippen LogP contribution >= 0.6 is 0 Å². The monoisotopic (exact) mass is 252 g/mol. The highest BCUT2D eigenvalue weighted by Crippen LogP contribution is 2.42. The Balaban J connectivity index is 2.33. The topological polar surface area (TPSA) is 17.1 Å². The van der Waals surface area contributed by atoms with Gasteiger partial charge in [0.2, 0.25) is 0 Å². The van der Waals surface area contributed by atoms with E-state index in [1.807, 2.05) is 13.8 Å². The van der Waals surface area contributed by atoms with Crippen molar-refractivity contribution in [2.24, 2.45) is 11.3 Å². The zero-order valence-corrected chi connectivity index (χ0v) is 10.8. The maximum absolute atomic E-state index is 13.7. The lowest BCUT2D eigenvalue weighted by atomic mass is 9.66. The van der Waals surface area contributed by atoms with Gasteiger partial charge in [0.15, 0.2) is 17.4 Å². The molecule has 1 aliphatic rings. The first kappa shape index (κ1) is 13.2. The number of hydrogen-bond donors (Lipinski definition) is 0. The van der Waals surface area contributed by atoms with Crippen LogP contribution in [-0.4, -0.2) is 5.78 Å². The lowest BCUT2D eigenvalue weighted by Crippen LogP contribution is -2.34. The van der Waals surface area contributed by atoms with Crippen LogP contribution < -0.4 is 0 Å². The molecule has 1 atom stereocenters. The minimum absolute atomic E-state index is 0.102. The van der Waals surface area contributed by atoms with Gasteiger partial charge in [-0.3, -0.25) is 4.79 Å². The number of benzene rings is 1. The molecular formula is C15H18F2O. The summed E-state index contributed by atoms with van der Waals surface area (Å²) in [5.41, 5.74) is -0.233. The summed E-state index contributed by atoms with van der Waals surface area (Å²) in [4.78, 5) is 12.4. The van der Waals surface area contributed by atoms with E-state index in [2.05, 4.69) is 0 Å². The van der Waals surface area contributed by atoms with Crippen LogP contribution in [0.5, 0.6) is 0 Å². The van der Waals surface area contributed by atoms with Crippen LogP contribution in [0.3, 0.4) is 0 Å². The summed E-state index contributed by atoms with van der Waals surface area (Å²) in [5.74, 6) is -2.42. The van der Waals surface area contributed by atoms with E-state index in [9.17, 15) is 13.6 Å². The summed E-state index contributed by atoms with van der Waals surface area (Å²) in [5, 5.41) is 0. The van der Waals surface area contributed by atoms with Crippen molar-refractivity contribution in [3.8, 4) is 0 Å². The molecule has 0 aromatic heterocycles. The van der Waals surface area contributed by atoms with Gasteiger partial charge in [-0.25, -0.2) is 8.78 Å². The molecular weight excluding hydrogens is 234 g/mol. The van der Waals surface area contributed by atoms with Crippen molar-refractivity contribution in [2.45, 2.75) is 39.5 Å². The quantitative estimate of drug-likeness (QED) is 0.714. The van der Waals surface area contributed by atoms with Crippen LogP contribution in [0.4, 0.5) is 8.78 Å². The molecule has 0 bridgehead atoms. The lowest BCUT2D eigenvalue weighted by Gasteiger charge is -2.37. The van der Waals surface area contributed by atoms with Gasteiger partial charge in [-0.2, -0.15) is 0 Å². The third kappa shape index (κ3) is 2.31. The second-order valence-corrected chi connectivity index (χ2v) is 5.75. The number of carbonyl (C=O) groups excluding carboxylic acids is 1. The Morgan fingerprint density at radius 1 is 1.28 bits per heavy atom. The molecule has 1 aromatic carbocycles. The van der Waals surface area contributed by atoms with E-state index >= 15 is 0 Å². The number of hydrogen-bond acceptors (Lipinski definition) is 1. The number of Topliss-reactive ketones (excluding diaryl/α,β-unsaturated/α-hetero) is 1. The summed E-state index contributed by atoms with van der Waals surface area (Å²) in [7, 11) is 0. The SMILES string of the molecule is CC1(C)CCCCC1C(=O)c1cccc(F)c1F. The average molecular weight is 252 g/mol. The zero-order valence-electron chi connectivity index (χ0n) is 10.8. The molecule has 98 valence electrons. The Bertz CT molecular complexity index is 466. The van der Waals surface area contributed by atoms with Crippen molar-refractivity contribution in [1.82, 2.24) is 0 Å². The lowest BCUT2D eigenvalue weighted by molar-refractivity contribution is 0.0692. The fraction of sp³-hybridized carbons (Fsp3) is 0.533. The molecule has 1 fully saturated rings. The Morgan fingerprint density at radius 2 is 2.00 bits per heavy atom. The van der Waals surface area contributed by atoms with E-state index in [4.69, 9.17) is 0 Å². The van der Waals surface area contributed by atoms with E-state index in [-0.39, 0.29) is 22.7 Å². The number of carbonyl (C=O) groups is 1. The predicted molar refractivity (Wildman–Crippen MR) is 66.4 cm³/mol. The molecule has 0 saturated heterocycles. The van der Waals surface area contributed by atoms with E-state index in [0.29, 0.717) is 0 Å². The highest BCUT2D eigenvalue weighted by atomic mass is 19.2. The van der Waals surface area contributed by atoms with Crippen LogP contribution in [-0.2, 0) is 0 Å². The van der Waals surface area contributed by atoms with E-state index in [1.54, 1.807) is 0 Å². The molecule has 0 aliphatic heterocycles. The van der Waals surface area contributed by atoms with Gasteiger partial charge in [0.05, 0.1) is 5.56 Å². The number of rotatable bonds is 2. The van der Waals surface area contributed by atoms with Crippen LogP contribution in [0, 0.1) is 23.0 Å². The molecule has 0 radical (unpaired) electrons. The maximum atomic E-state index is 13.7. The smallest absolute Gasteiger partial charge is 0.169 e. The summed E-state index contributed by atoms with van der Waals surface area (Å²) >= 11 is 0. The molecule has 0 spiro atoms. The van der Waals surface area contributed by atoms with Crippen LogP contribution in [0.15, 0.2) is 18.2 Å². The largest absolute Gasteiger partial charge is 0.294 e. The Hall–Kier alpha value is -1.25. The third-order valence-corrected chi connectivity index (χ3v) is 4.04. The highest BCUT2D eigenvalue weighted by Gasteiger charge is 2.38. The number of halogens is 2. The molecule has 0 amide bonds. The Kier molecular flexibility index (Phi) is 3.51. The third-order valence-electron chi connectivity index (χ3n) is 4.04. The minimum atomic E-state index is -1.01. The molecule has 18 heavy (non-hydrogen) atoms. The molecule has 1 nitrogen and oxygen atoms in total. The first-order chi connectivity index (χ1) is 8.43. The van der Waals surface area contributed by atoms with Crippen molar-refractivity contribution in [3.63, 3.8) is 0 Å². The van der Waals surface area contributed by atoms with Crippen LogP contribution in [0.1, 0.15) is 49.9 Å². The zero-order chi connectivity index (χ0) is 13.3. The van der Waals surface area contributed by atoms with Crippen molar-refractivity contribution in [1.29, 1.82) is 0 Å². The Morgan fingerprint density at radius 3 is 2.67 bits per heavy atom. The molecule has 1 unspecified atom stereocenters. The second kappa shape index (κ2) is 4.79. The van der Waals surface area contributed by atoms with Crippen LogP contribution in [0.2, 0.25) is 0 Å². The predicted octanol–water partition coefficient (Wildman–Crippen LogP) is 4.36. The maximum Gasteiger partial charge on any atom is 0.169 e. The summed E-state index contributed by atoms with van der Waals surface area (Å²) in [6.07, 6.45) is 3.81. The highest BCUT2D eigenvalue weighted by molar-refractivity contribution is 5.98. The van der Waals surface area contributed by atoms with Gasteiger partial charge in [0, 0.05) is 5.92 Å². The second-order valence-electron chi connectivity index (χ2n) is 5.75. The molecule has 1 aromatic rings. The summed E-state index contributed by atoms with van der Waals surface area (Å²) in [6.45, 7) is 4.07. The fourth-order valence-electron chi connectivity index (χ4n) is 2.86. The van der Waals surface area contributed by atoms with E-state index in [1.165, 1.54) is 12.1 Å². The Labute approximate surface area is 106 Å². The van der Waals surface area contributed by atoms with Gasteiger partial charge in [-0.05, 0) is 30.4 Å². The molecule has 1 aliphatic carbocycles. The molecule has 0 heterocycles. The van der Waals surface area contributed by atoms with Gasteiger partial charge in [0.1, 0.15) is 0 Å². The number of ketones is 1. The molecule has 1 saturated carbocycles. The van der Waals surface area contributed by atoms with Crippen molar-refractivity contribution in [3.05, 3.63) is 35.4 Å². The normalized spacial score (nSPS) is 22.8. The molecule has 0 N–H and O–H groups in total. The fourth-order valence-corrected chi connectivity index (χ4v) is 2.86. The first-order valence-electron chi connectivity index (χ1n) is 6.42. The standard InChI is InChI=1S/C15H18F2O/c1-15(2)9-4-3-7-11(15)14(18)10-6-5-8-12(16)13(10)17/h5-6,8,11H,3-4,7,9H2,1-2H3. The van der Waals surface area contributed by atoms with E-state index < -0.39 is 11.6 Å². The minimum Gasteiger partial charge on any atom is -0.294 e. The first-order valence-corrected chi connectivity index (χ1v) is 6.42. The van der Waals surface area contributed by atoms with Gasteiger partial charge < -0.3 is 0 Å². The summed E-state index contributed by atoms with van der Waals surface area (Å²) in [6, 6.07) is 3.81.